The molecule has 0 saturated carbocycles. The maximum absolute atomic E-state index is 12.4. The van der Waals surface area contributed by atoms with Gasteiger partial charge in [0.15, 0.2) is 0 Å². The number of rotatable bonds is 8. The van der Waals surface area contributed by atoms with Crippen molar-refractivity contribution in [1.29, 1.82) is 0 Å². The first-order valence-corrected chi connectivity index (χ1v) is 6.31. The van der Waals surface area contributed by atoms with Crippen molar-refractivity contribution >= 4 is 23.1 Å². The number of thiocarbonyl (C=S) groups is 1. The Morgan fingerprint density at radius 3 is 2.37 bits per heavy atom. The topological polar surface area (TPSA) is 55.6 Å². The predicted molar refractivity (Wildman–Crippen MR) is 69.7 cm³/mol. The summed E-state index contributed by atoms with van der Waals surface area (Å²) in [6.45, 7) is 3.78. The van der Waals surface area contributed by atoms with Crippen molar-refractivity contribution in [1.82, 2.24) is 4.90 Å². The van der Waals surface area contributed by atoms with Crippen LogP contribution in [0.2, 0.25) is 0 Å². The molecule has 0 aliphatic carbocycles. The van der Waals surface area contributed by atoms with Crippen molar-refractivity contribution in [2.75, 3.05) is 19.7 Å². The van der Waals surface area contributed by atoms with Crippen molar-refractivity contribution in [3.8, 4) is 0 Å². The second-order valence-corrected chi connectivity index (χ2v) is 4.80. The minimum absolute atomic E-state index is 0.00314. The zero-order valence-electron chi connectivity index (χ0n) is 11.0. The van der Waals surface area contributed by atoms with Crippen LogP contribution in [0.15, 0.2) is 0 Å². The van der Waals surface area contributed by atoms with Gasteiger partial charge in [-0.15, -0.1) is 0 Å². The number of nitrogens with zero attached hydrogens (tertiary/aromatic N) is 1. The Morgan fingerprint density at radius 1 is 1.37 bits per heavy atom. The second kappa shape index (κ2) is 8.31. The molecule has 0 aliphatic rings. The molecule has 1 amide bonds. The van der Waals surface area contributed by atoms with Crippen LogP contribution in [-0.4, -0.2) is 47.8 Å². The van der Waals surface area contributed by atoms with Gasteiger partial charge in [-0.1, -0.05) is 12.2 Å². The van der Waals surface area contributed by atoms with E-state index in [1.807, 2.05) is 13.8 Å². The molecule has 0 aliphatic heterocycles. The highest BCUT2D eigenvalue weighted by molar-refractivity contribution is 7.80. The molecule has 0 aromatic rings. The average molecular weight is 300 g/mol. The lowest BCUT2D eigenvalue weighted by Gasteiger charge is -2.23. The summed E-state index contributed by atoms with van der Waals surface area (Å²) in [5.74, 6) is -1.87. The second-order valence-electron chi connectivity index (χ2n) is 4.28. The van der Waals surface area contributed by atoms with Crippen LogP contribution in [-0.2, 0) is 9.53 Å². The van der Waals surface area contributed by atoms with Crippen LogP contribution in [0.25, 0.3) is 0 Å². The minimum Gasteiger partial charge on any atom is -0.393 e. The van der Waals surface area contributed by atoms with Gasteiger partial charge in [0.05, 0.1) is 11.1 Å². The quantitative estimate of drug-likeness (QED) is 0.549. The van der Waals surface area contributed by atoms with Gasteiger partial charge in [0.2, 0.25) is 0 Å². The Balaban J connectivity index is 4.34. The highest BCUT2D eigenvalue weighted by Crippen LogP contribution is 2.18. The maximum atomic E-state index is 12.4. The van der Waals surface area contributed by atoms with Crippen LogP contribution < -0.4 is 5.73 Å². The summed E-state index contributed by atoms with van der Waals surface area (Å²) in [6, 6.07) is 0. The minimum atomic E-state index is -4.88. The molecule has 0 fully saturated rings. The molecule has 0 aromatic carbocycles. The van der Waals surface area contributed by atoms with Gasteiger partial charge < -0.3 is 15.4 Å². The zero-order valence-corrected chi connectivity index (χ0v) is 11.8. The Bertz CT molecular complexity index is 309. The van der Waals surface area contributed by atoms with Crippen LogP contribution in [0.3, 0.4) is 0 Å². The molecule has 0 bridgehead atoms. The Hall–Kier alpha value is -0.890. The molecular formula is C11H19F3N2O2S. The normalized spacial score (nSPS) is 11.7. The number of amides is 1. The van der Waals surface area contributed by atoms with E-state index >= 15 is 0 Å². The van der Waals surface area contributed by atoms with E-state index in [1.54, 1.807) is 0 Å². The number of ether oxygens (including phenoxy) is 1. The van der Waals surface area contributed by atoms with E-state index in [0.29, 0.717) is 17.9 Å². The van der Waals surface area contributed by atoms with Crippen molar-refractivity contribution in [2.24, 2.45) is 5.73 Å². The molecule has 8 heteroatoms. The standard InChI is InChI=1S/C11H19F3N2O2S/c1-8(2)18-7-3-5-16(6-4-9(15)19)10(17)11(12,13)14/h8H,3-7H2,1-2H3,(H2,15,19). The van der Waals surface area contributed by atoms with Gasteiger partial charge in [0, 0.05) is 26.1 Å². The number of hydrogen-bond donors (Lipinski definition) is 1. The van der Waals surface area contributed by atoms with Gasteiger partial charge in [0.1, 0.15) is 0 Å². The molecule has 0 aromatic heterocycles. The molecule has 0 spiro atoms. The van der Waals surface area contributed by atoms with Gasteiger partial charge in [-0.25, -0.2) is 0 Å². The summed E-state index contributed by atoms with van der Waals surface area (Å²) in [7, 11) is 0. The summed E-state index contributed by atoms with van der Waals surface area (Å²) in [4.78, 5) is 12.0. The van der Waals surface area contributed by atoms with Gasteiger partial charge in [0.25, 0.3) is 0 Å². The third kappa shape index (κ3) is 8.77. The first kappa shape index (κ1) is 18.1. The van der Waals surface area contributed by atoms with Gasteiger partial charge in [-0.2, -0.15) is 13.2 Å². The average Bonchev–Trinajstić information content (AvgIpc) is 2.25. The molecule has 0 atom stereocenters. The van der Waals surface area contributed by atoms with Crippen LogP contribution in [0.4, 0.5) is 13.2 Å². The molecule has 0 saturated heterocycles. The van der Waals surface area contributed by atoms with E-state index in [1.165, 1.54) is 0 Å². The SMILES string of the molecule is CC(C)OCCCN(CCC(N)=S)C(=O)C(F)(F)F. The van der Waals surface area contributed by atoms with Gasteiger partial charge in [-0.05, 0) is 20.3 Å². The van der Waals surface area contributed by atoms with E-state index in [4.69, 9.17) is 10.5 Å². The zero-order chi connectivity index (χ0) is 15.1. The number of hydrogen-bond acceptors (Lipinski definition) is 3. The molecule has 112 valence electrons. The van der Waals surface area contributed by atoms with E-state index in [2.05, 4.69) is 12.2 Å². The van der Waals surface area contributed by atoms with E-state index in [9.17, 15) is 18.0 Å². The number of carbonyl (C=O) groups excluding carboxylic acids is 1. The molecule has 19 heavy (non-hydrogen) atoms. The first-order valence-electron chi connectivity index (χ1n) is 5.90. The number of nitrogens with two attached hydrogens (primary N) is 1. The highest BCUT2D eigenvalue weighted by Gasteiger charge is 2.42. The predicted octanol–water partition coefficient (Wildman–Crippen LogP) is 1.87. The fraction of sp³-hybridized carbons (Fsp3) is 0.818. The summed E-state index contributed by atoms with van der Waals surface area (Å²) in [6.07, 6.45) is -4.47. The third-order valence-electron chi connectivity index (χ3n) is 2.18. The third-order valence-corrected chi connectivity index (χ3v) is 2.39. The van der Waals surface area contributed by atoms with Crippen LogP contribution in [0.1, 0.15) is 26.7 Å². The van der Waals surface area contributed by atoms with E-state index in [0.717, 1.165) is 0 Å². The van der Waals surface area contributed by atoms with E-state index < -0.39 is 12.1 Å². The Kier molecular flexibility index (Phi) is 7.93. The van der Waals surface area contributed by atoms with Gasteiger partial charge >= 0.3 is 12.1 Å². The van der Waals surface area contributed by atoms with Crippen molar-refractivity contribution in [3.63, 3.8) is 0 Å². The molecule has 0 rings (SSSR count). The Labute approximate surface area is 116 Å². The largest absolute Gasteiger partial charge is 0.471 e. The van der Waals surface area contributed by atoms with Crippen LogP contribution >= 0.6 is 12.2 Å². The Morgan fingerprint density at radius 2 is 1.95 bits per heavy atom. The summed E-state index contributed by atoms with van der Waals surface area (Å²) < 4.78 is 42.3. The highest BCUT2D eigenvalue weighted by atomic mass is 32.1. The molecule has 0 unspecified atom stereocenters. The van der Waals surface area contributed by atoms with Gasteiger partial charge in [-0.3, -0.25) is 4.79 Å². The van der Waals surface area contributed by atoms with Crippen molar-refractivity contribution < 1.29 is 22.7 Å². The lowest BCUT2D eigenvalue weighted by Crippen LogP contribution is -2.43. The maximum Gasteiger partial charge on any atom is 0.471 e. The number of carbonyl (C=O) groups is 1. The summed E-state index contributed by atoms with van der Waals surface area (Å²) in [5, 5.41) is 0. The fourth-order valence-electron chi connectivity index (χ4n) is 1.31. The molecule has 4 nitrogen and oxygen atoms in total. The first-order chi connectivity index (χ1) is 8.64. The van der Waals surface area contributed by atoms with Crippen molar-refractivity contribution in [3.05, 3.63) is 0 Å². The summed E-state index contributed by atoms with van der Waals surface area (Å²) in [5.41, 5.74) is 5.23. The lowest BCUT2D eigenvalue weighted by atomic mass is 10.3. The van der Waals surface area contributed by atoms with Crippen LogP contribution in [0, 0.1) is 0 Å². The smallest absolute Gasteiger partial charge is 0.393 e. The van der Waals surface area contributed by atoms with E-state index in [-0.39, 0.29) is 30.6 Å². The molecule has 2 N–H and O–H groups in total. The molecule has 0 heterocycles. The number of alkyl halides is 3. The lowest BCUT2D eigenvalue weighted by molar-refractivity contribution is -0.185. The monoisotopic (exact) mass is 300 g/mol. The fourth-order valence-corrected chi connectivity index (χ4v) is 1.41. The molecule has 0 radical (unpaired) electrons. The summed E-state index contributed by atoms with van der Waals surface area (Å²) >= 11 is 4.60. The van der Waals surface area contributed by atoms with Crippen LogP contribution in [0.5, 0.6) is 0 Å². The molecular weight excluding hydrogens is 281 g/mol. The van der Waals surface area contributed by atoms with Crippen molar-refractivity contribution in [2.45, 2.75) is 39.0 Å². The number of halogens is 3.